The fourth-order valence-corrected chi connectivity index (χ4v) is 4.28. The van der Waals surface area contributed by atoms with E-state index in [-0.39, 0.29) is 11.8 Å². The normalized spacial score (nSPS) is 15.1. The van der Waals surface area contributed by atoms with Crippen molar-refractivity contribution in [2.45, 2.75) is 20.5 Å². The summed E-state index contributed by atoms with van der Waals surface area (Å²) in [5, 5.41) is 6.64. The fraction of sp³-hybridized carbons (Fsp3) is 0.148. The summed E-state index contributed by atoms with van der Waals surface area (Å²) in [7, 11) is 0. The number of aliphatic imine (C=N–C) groups is 1. The smallest absolute Gasteiger partial charge is 0.264 e. The van der Waals surface area contributed by atoms with E-state index < -0.39 is 0 Å². The summed E-state index contributed by atoms with van der Waals surface area (Å²) < 4.78 is 11.7. The number of amides is 2. The number of nitrogens with zero attached hydrogens (tertiary/aromatic N) is 1. The van der Waals surface area contributed by atoms with Crippen molar-refractivity contribution in [3.8, 4) is 11.5 Å². The summed E-state index contributed by atoms with van der Waals surface area (Å²) in [6.45, 7) is 4.21. The van der Waals surface area contributed by atoms with Crippen LogP contribution in [-0.2, 0) is 16.2 Å². The first kappa shape index (κ1) is 25.3. The maximum atomic E-state index is 12.5. The monoisotopic (exact) mass is 521 g/mol. The van der Waals surface area contributed by atoms with Crippen LogP contribution >= 0.6 is 23.4 Å². The third-order valence-electron chi connectivity index (χ3n) is 4.94. The van der Waals surface area contributed by atoms with Crippen LogP contribution in [0.1, 0.15) is 25.0 Å². The molecule has 2 N–H and O–H groups in total. The molecular formula is C27H24ClN3O4S. The van der Waals surface area contributed by atoms with Gasteiger partial charge in [0.15, 0.2) is 16.7 Å². The molecule has 3 aromatic rings. The number of hydrogen-bond acceptors (Lipinski definition) is 6. The Morgan fingerprint density at radius 2 is 1.81 bits per heavy atom. The van der Waals surface area contributed by atoms with Crippen LogP contribution in [0.25, 0.3) is 6.08 Å². The number of rotatable bonds is 8. The zero-order chi connectivity index (χ0) is 25.5. The molecule has 0 radical (unpaired) electrons. The van der Waals surface area contributed by atoms with Gasteiger partial charge in [0, 0.05) is 17.6 Å². The van der Waals surface area contributed by atoms with Crippen molar-refractivity contribution in [1.29, 1.82) is 0 Å². The minimum absolute atomic E-state index is 0.142. The molecule has 36 heavy (non-hydrogen) atoms. The lowest BCUT2D eigenvalue weighted by Gasteiger charge is -2.13. The number of ether oxygens (including phenoxy) is 2. The number of thioether (sulfide) groups is 1. The zero-order valence-corrected chi connectivity index (χ0v) is 21.3. The lowest BCUT2D eigenvalue weighted by Crippen LogP contribution is -2.19. The van der Waals surface area contributed by atoms with E-state index >= 15 is 0 Å². The Kier molecular flexibility index (Phi) is 8.30. The van der Waals surface area contributed by atoms with Gasteiger partial charge in [-0.05, 0) is 84.4 Å². The quantitative estimate of drug-likeness (QED) is 0.346. The Balaban J connectivity index is 1.46. The second kappa shape index (κ2) is 11.8. The van der Waals surface area contributed by atoms with E-state index in [4.69, 9.17) is 21.1 Å². The SMILES string of the molecule is CCOc1cc(C=C2SC(=Nc3ccc(NC(C)=O)cc3)NC2=O)ccc1OCc1ccc(Cl)cc1. The standard InChI is InChI=1S/C27H24ClN3O4S/c1-3-34-24-14-19(6-13-23(24)35-16-18-4-7-20(28)8-5-18)15-25-26(33)31-27(36-25)30-22-11-9-21(10-12-22)29-17(2)32/h4-15H,3,16H2,1-2H3,(H,29,32)(H,30,31,33). The first-order valence-electron chi connectivity index (χ1n) is 11.2. The van der Waals surface area contributed by atoms with Gasteiger partial charge in [-0.25, -0.2) is 4.99 Å². The van der Waals surface area contributed by atoms with E-state index in [2.05, 4.69) is 15.6 Å². The first-order chi connectivity index (χ1) is 17.4. The summed E-state index contributed by atoms with van der Waals surface area (Å²) in [6, 6.07) is 20.1. The summed E-state index contributed by atoms with van der Waals surface area (Å²) in [6.07, 6.45) is 1.79. The molecule has 1 saturated heterocycles. The maximum absolute atomic E-state index is 12.5. The van der Waals surface area contributed by atoms with Crippen LogP contribution < -0.4 is 20.1 Å². The van der Waals surface area contributed by atoms with Gasteiger partial charge >= 0.3 is 0 Å². The Bertz CT molecular complexity index is 1320. The highest BCUT2D eigenvalue weighted by Crippen LogP contribution is 2.33. The van der Waals surface area contributed by atoms with Crippen molar-refractivity contribution in [1.82, 2.24) is 5.32 Å². The van der Waals surface area contributed by atoms with Gasteiger partial charge in [-0.3, -0.25) is 9.59 Å². The number of halogens is 1. The van der Waals surface area contributed by atoms with Crippen LogP contribution in [0.3, 0.4) is 0 Å². The zero-order valence-electron chi connectivity index (χ0n) is 19.7. The minimum Gasteiger partial charge on any atom is -0.490 e. The predicted molar refractivity (Wildman–Crippen MR) is 145 cm³/mol. The Labute approximate surface area is 218 Å². The average Bonchev–Trinajstić information content (AvgIpc) is 3.19. The minimum atomic E-state index is -0.227. The highest BCUT2D eigenvalue weighted by atomic mass is 35.5. The summed E-state index contributed by atoms with van der Waals surface area (Å²) in [5.41, 5.74) is 3.13. The van der Waals surface area contributed by atoms with E-state index in [1.807, 2.05) is 49.4 Å². The molecule has 1 aliphatic rings. The van der Waals surface area contributed by atoms with Crippen LogP contribution in [-0.4, -0.2) is 23.6 Å². The molecule has 0 unspecified atom stereocenters. The lowest BCUT2D eigenvalue weighted by atomic mass is 10.2. The second-order valence-electron chi connectivity index (χ2n) is 7.76. The Hall–Kier alpha value is -3.75. The number of carbonyl (C=O) groups excluding carboxylic acids is 2. The Morgan fingerprint density at radius 3 is 2.50 bits per heavy atom. The molecule has 0 aromatic heterocycles. The van der Waals surface area contributed by atoms with Gasteiger partial charge in [-0.15, -0.1) is 0 Å². The molecule has 4 rings (SSSR count). The maximum Gasteiger partial charge on any atom is 0.264 e. The molecule has 1 heterocycles. The molecular weight excluding hydrogens is 498 g/mol. The summed E-state index contributed by atoms with van der Waals surface area (Å²) >= 11 is 7.20. The van der Waals surface area contributed by atoms with Gasteiger partial charge in [-0.1, -0.05) is 29.8 Å². The molecule has 1 aliphatic heterocycles. The number of benzene rings is 3. The van der Waals surface area contributed by atoms with E-state index in [1.54, 1.807) is 30.3 Å². The topological polar surface area (TPSA) is 89.0 Å². The van der Waals surface area contributed by atoms with Gasteiger partial charge in [0.25, 0.3) is 5.91 Å². The van der Waals surface area contributed by atoms with Gasteiger partial charge in [0.1, 0.15) is 6.61 Å². The van der Waals surface area contributed by atoms with Gasteiger partial charge in [0.2, 0.25) is 5.91 Å². The molecule has 0 aliphatic carbocycles. The number of anilines is 1. The van der Waals surface area contributed by atoms with Crippen LogP contribution in [0.2, 0.25) is 5.02 Å². The molecule has 0 spiro atoms. The van der Waals surface area contributed by atoms with Crippen LogP contribution in [0, 0.1) is 0 Å². The predicted octanol–water partition coefficient (Wildman–Crippen LogP) is 6.17. The third kappa shape index (κ3) is 6.90. The van der Waals surface area contributed by atoms with Crippen molar-refractivity contribution < 1.29 is 19.1 Å². The van der Waals surface area contributed by atoms with E-state index in [1.165, 1.54) is 18.7 Å². The largest absolute Gasteiger partial charge is 0.490 e. The molecule has 184 valence electrons. The van der Waals surface area contributed by atoms with Crippen molar-refractivity contribution in [3.63, 3.8) is 0 Å². The molecule has 9 heteroatoms. The molecule has 2 amide bonds. The lowest BCUT2D eigenvalue weighted by molar-refractivity contribution is -0.115. The van der Waals surface area contributed by atoms with Crippen molar-refractivity contribution in [3.05, 3.63) is 87.8 Å². The van der Waals surface area contributed by atoms with Gasteiger partial charge in [0.05, 0.1) is 17.2 Å². The molecule has 3 aromatic carbocycles. The van der Waals surface area contributed by atoms with Crippen LogP contribution in [0.4, 0.5) is 11.4 Å². The molecule has 0 atom stereocenters. The molecule has 1 fully saturated rings. The van der Waals surface area contributed by atoms with Crippen LogP contribution in [0.5, 0.6) is 11.5 Å². The molecule has 0 saturated carbocycles. The highest BCUT2D eigenvalue weighted by Gasteiger charge is 2.24. The van der Waals surface area contributed by atoms with Crippen molar-refractivity contribution in [2.24, 2.45) is 4.99 Å². The number of carbonyl (C=O) groups is 2. The Morgan fingerprint density at radius 1 is 1.06 bits per heavy atom. The molecule has 0 bridgehead atoms. The number of nitrogens with one attached hydrogen (secondary N) is 2. The summed E-state index contributed by atoms with van der Waals surface area (Å²) in [4.78, 5) is 28.7. The van der Waals surface area contributed by atoms with Crippen molar-refractivity contribution in [2.75, 3.05) is 11.9 Å². The second-order valence-corrected chi connectivity index (χ2v) is 9.23. The molecule has 7 nitrogen and oxygen atoms in total. The van der Waals surface area contributed by atoms with E-state index in [0.29, 0.717) is 51.2 Å². The van der Waals surface area contributed by atoms with Gasteiger partial charge < -0.3 is 20.1 Å². The van der Waals surface area contributed by atoms with E-state index in [0.717, 1.165) is 11.1 Å². The highest BCUT2D eigenvalue weighted by molar-refractivity contribution is 8.18. The first-order valence-corrected chi connectivity index (χ1v) is 12.4. The number of amidine groups is 1. The van der Waals surface area contributed by atoms with Crippen LogP contribution in [0.15, 0.2) is 76.6 Å². The number of hydrogen-bond donors (Lipinski definition) is 2. The summed E-state index contributed by atoms with van der Waals surface area (Å²) in [5.74, 6) is 0.838. The third-order valence-corrected chi connectivity index (χ3v) is 6.10. The van der Waals surface area contributed by atoms with Crippen molar-refractivity contribution >= 4 is 57.8 Å². The van der Waals surface area contributed by atoms with E-state index in [9.17, 15) is 9.59 Å². The van der Waals surface area contributed by atoms with Gasteiger partial charge in [-0.2, -0.15) is 0 Å². The average molecular weight is 522 g/mol. The fourth-order valence-electron chi connectivity index (χ4n) is 3.32.